The van der Waals surface area contributed by atoms with Gasteiger partial charge in [-0.25, -0.2) is 0 Å². The quantitative estimate of drug-likeness (QED) is 0.513. The number of nitrogens with zero attached hydrogens (tertiary/aromatic N) is 1. The van der Waals surface area contributed by atoms with Gasteiger partial charge in [0.1, 0.15) is 23.3 Å². The van der Waals surface area contributed by atoms with Crippen molar-refractivity contribution in [3.8, 4) is 17.2 Å². The Morgan fingerprint density at radius 3 is 1.94 bits per heavy atom. The van der Waals surface area contributed by atoms with Crippen LogP contribution in [0, 0.1) is 0 Å². The number of methoxy groups -OCH3 is 2. The number of ether oxygens (including phenoxy) is 3. The summed E-state index contributed by atoms with van der Waals surface area (Å²) in [5.74, 6) is 1.94. The fourth-order valence-corrected chi connectivity index (χ4v) is 3.21. The molecule has 2 rings (SSSR count). The molecule has 0 unspecified atom stereocenters. The van der Waals surface area contributed by atoms with E-state index in [0.717, 1.165) is 22.8 Å². The summed E-state index contributed by atoms with van der Waals surface area (Å²) in [6.07, 6.45) is 0.817. The maximum absolute atomic E-state index is 13.1. The summed E-state index contributed by atoms with van der Waals surface area (Å²) in [5.41, 5.74) is 0.542. The molecular formula is C26H36N2O5. The standard InChI is InChI=1S/C26H36N2O5/c1-19(25(30)27-26(2,3)4)28(18-20-9-11-21(31-5)12-10-20)24(29)8-7-17-33-23-15-13-22(32-6)14-16-23/h9-16,19H,7-8,17-18H2,1-6H3,(H,27,30)/t19-/m1/s1. The molecule has 0 spiro atoms. The summed E-state index contributed by atoms with van der Waals surface area (Å²) in [6.45, 7) is 8.26. The minimum absolute atomic E-state index is 0.0966. The molecule has 2 amide bonds. The van der Waals surface area contributed by atoms with E-state index in [-0.39, 0.29) is 23.8 Å². The van der Waals surface area contributed by atoms with E-state index in [2.05, 4.69) is 5.32 Å². The predicted octanol–water partition coefficient (Wildman–Crippen LogP) is 4.19. The Morgan fingerprint density at radius 2 is 1.42 bits per heavy atom. The van der Waals surface area contributed by atoms with Crippen LogP contribution >= 0.6 is 0 Å². The smallest absolute Gasteiger partial charge is 0.242 e. The lowest BCUT2D eigenvalue weighted by atomic mass is 10.1. The molecule has 180 valence electrons. The number of nitrogens with one attached hydrogen (secondary N) is 1. The summed E-state index contributed by atoms with van der Waals surface area (Å²) in [4.78, 5) is 27.6. The minimum Gasteiger partial charge on any atom is -0.497 e. The van der Waals surface area contributed by atoms with Gasteiger partial charge < -0.3 is 24.4 Å². The second-order valence-corrected chi connectivity index (χ2v) is 8.91. The van der Waals surface area contributed by atoms with Gasteiger partial charge in [0.2, 0.25) is 11.8 Å². The van der Waals surface area contributed by atoms with Gasteiger partial charge in [0.15, 0.2) is 0 Å². The lowest BCUT2D eigenvalue weighted by Gasteiger charge is -2.31. The molecule has 2 aromatic rings. The number of benzene rings is 2. The van der Waals surface area contributed by atoms with Crippen molar-refractivity contribution in [3.05, 3.63) is 54.1 Å². The van der Waals surface area contributed by atoms with Gasteiger partial charge in [0, 0.05) is 18.5 Å². The molecule has 0 fully saturated rings. The van der Waals surface area contributed by atoms with Gasteiger partial charge >= 0.3 is 0 Å². The Labute approximate surface area is 197 Å². The molecule has 0 heterocycles. The van der Waals surface area contributed by atoms with Crippen LogP contribution in [0.25, 0.3) is 0 Å². The lowest BCUT2D eigenvalue weighted by molar-refractivity contribution is -0.141. The molecule has 33 heavy (non-hydrogen) atoms. The van der Waals surface area contributed by atoms with E-state index in [0.29, 0.717) is 19.6 Å². The highest BCUT2D eigenvalue weighted by molar-refractivity contribution is 5.87. The third-order valence-corrected chi connectivity index (χ3v) is 5.04. The zero-order valence-corrected chi connectivity index (χ0v) is 20.5. The second kappa shape index (κ2) is 12.1. The first kappa shape index (κ1) is 26.0. The van der Waals surface area contributed by atoms with E-state index in [1.165, 1.54) is 0 Å². The van der Waals surface area contributed by atoms with Gasteiger partial charge in [-0.1, -0.05) is 12.1 Å². The number of carbonyl (C=O) groups excluding carboxylic acids is 2. The van der Waals surface area contributed by atoms with Gasteiger partial charge in [-0.15, -0.1) is 0 Å². The number of rotatable bonds is 11. The molecule has 2 aromatic carbocycles. The summed E-state index contributed by atoms with van der Waals surface area (Å²) < 4.78 is 16.1. The molecule has 0 radical (unpaired) electrons. The van der Waals surface area contributed by atoms with Gasteiger partial charge in [0.25, 0.3) is 0 Å². The highest BCUT2D eigenvalue weighted by atomic mass is 16.5. The van der Waals surface area contributed by atoms with Gasteiger partial charge in [-0.2, -0.15) is 0 Å². The zero-order valence-electron chi connectivity index (χ0n) is 20.5. The normalized spacial score (nSPS) is 11.9. The Morgan fingerprint density at radius 1 is 0.909 bits per heavy atom. The van der Waals surface area contributed by atoms with E-state index in [9.17, 15) is 9.59 Å². The molecule has 1 N–H and O–H groups in total. The SMILES string of the molecule is COc1ccc(CN(C(=O)CCCOc2ccc(OC)cc2)[C@H](C)C(=O)NC(C)(C)C)cc1. The summed E-state index contributed by atoms with van der Waals surface area (Å²) in [7, 11) is 3.22. The van der Waals surface area contributed by atoms with Crippen LogP contribution < -0.4 is 19.5 Å². The third-order valence-electron chi connectivity index (χ3n) is 5.04. The van der Waals surface area contributed by atoms with Gasteiger partial charge in [0.05, 0.1) is 20.8 Å². The predicted molar refractivity (Wildman–Crippen MR) is 129 cm³/mol. The van der Waals surface area contributed by atoms with Crippen LogP contribution in [0.2, 0.25) is 0 Å². The van der Waals surface area contributed by atoms with Crippen molar-refractivity contribution in [3.63, 3.8) is 0 Å². The average Bonchev–Trinajstić information content (AvgIpc) is 2.79. The van der Waals surface area contributed by atoms with E-state index in [1.54, 1.807) is 26.0 Å². The fourth-order valence-electron chi connectivity index (χ4n) is 3.21. The zero-order chi connectivity index (χ0) is 24.4. The topological polar surface area (TPSA) is 77.1 Å². The average molecular weight is 457 g/mol. The number of carbonyl (C=O) groups is 2. The van der Waals surface area contributed by atoms with Crippen molar-refractivity contribution in [1.29, 1.82) is 0 Å². The number of hydrogen-bond acceptors (Lipinski definition) is 5. The molecule has 0 saturated carbocycles. The van der Waals surface area contributed by atoms with E-state index in [1.807, 2.05) is 69.3 Å². The van der Waals surface area contributed by atoms with Crippen LogP contribution in [0.15, 0.2) is 48.5 Å². The minimum atomic E-state index is -0.610. The Hall–Kier alpha value is -3.22. The maximum Gasteiger partial charge on any atom is 0.242 e. The van der Waals surface area contributed by atoms with Crippen molar-refractivity contribution in [2.24, 2.45) is 0 Å². The number of amides is 2. The van der Waals surface area contributed by atoms with Crippen LogP contribution in [0.3, 0.4) is 0 Å². The first-order valence-corrected chi connectivity index (χ1v) is 11.1. The van der Waals surface area contributed by atoms with Gasteiger partial charge in [-0.05, 0) is 76.1 Å². The van der Waals surface area contributed by atoms with Crippen LogP contribution in [-0.2, 0) is 16.1 Å². The maximum atomic E-state index is 13.1. The third kappa shape index (κ3) is 8.67. The second-order valence-electron chi connectivity index (χ2n) is 8.91. The summed E-state index contributed by atoms with van der Waals surface area (Å²) >= 11 is 0. The first-order chi connectivity index (χ1) is 15.6. The van der Waals surface area contributed by atoms with Crippen molar-refractivity contribution < 1.29 is 23.8 Å². The molecule has 0 aliphatic carbocycles. The Bertz CT molecular complexity index is 888. The molecule has 7 nitrogen and oxygen atoms in total. The Kier molecular flexibility index (Phi) is 9.57. The number of hydrogen-bond donors (Lipinski definition) is 1. The molecule has 1 atom stereocenters. The van der Waals surface area contributed by atoms with Gasteiger partial charge in [-0.3, -0.25) is 9.59 Å². The highest BCUT2D eigenvalue weighted by Gasteiger charge is 2.28. The lowest BCUT2D eigenvalue weighted by Crippen LogP contribution is -2.52. The molecular weight excluding hydrogens is 420 g/mol. The van der Waals surface area contributed by atoms with Crippen molar-refractivity contribution >= 4 is 11.8 Å². The largest absolute Gasteiger partial charge is 0.497 e. The monoisotopic (exact) mass is 456 g/mol. The molecule has 0 aliphatic rings. The molecule has 7 heteroatoms. The van der Waals surface area contributed by atoms with E-state index >= 15 is 0 Å². The summed E-state index contributed by atoms with van der Waals surface area (Å²) in [5, 5.41) is 2.97. The fraction of sp³-hybridized carbons (Fsp3) is 0.462. The van der Waals surface area contributed by atoms with Crippen molar-refractivity contribution in [2.75, 3.05) is 20.8 Å². The van der Waals surface area contributed by atoms with Crippen molar-refractivity contribution in [1.82, 2.24) is 10.2 Å². The van der Waals surface area contributed by atoms with Crippen molar-refractivity contribution in [2.45, 2.75) is 58.7 Å². The molecule has 0 aliphatic heterocycles. The highest BCUT2D eigenvalue weighted by Crippen LogP contribution is 2.19. The molecule has 0 bridgehead atoms. The van der Waals surface area contributed by atoms with Crippen LogP contribution in [0.1, 0.15) is 46.1 Å². The summed E-state index contributed by atoms with van der Waals surface area (Å²) in [6, 6.07) is 14.2. The first-order valence-electron chi connectivity index (χ1n) is 11.1. The Balaban J connectivity index is 2.01. The van der Waals surface area contributed by atoms with E-state index in [4.69, 9.17) is 14.2 Å². The molecule has 0 aromatic heterocycles. The van der Waals surface area contributed by atoms with Crippen LogP contribution in [-0.4, -0.2) is 49.1 Å². The van der Waals surface area contributed by atoms with E-state index < -0.39 is 6.04 Å². The van der Waals surface area contributed by atoms with Crippen LogP contribution in [0.5, 0.6) is 17.2 Å². The van der Waals surface area contributed by atoms with Crippen LogP contribution in [0.4, 0.5) is 0 Å². The molecule has 0 saturated heterocycles.